The molecule has 0 amide bonds. The normalized spacial score (nSPS) is 22.6. The van der Waals surface area contributed by atoms with E-state index in [2.05, 4.69) is 21.2 Å². The second-order valence-corrected chi connectivity index (χ2v) is 6.14. The molecule has 2 fully saturated rings. The van der Waals surface area contributed by atoms with Crippen LogP contribution in [0.2, 0.25) is 0 Å². The van der Waals surface area contributed by atoms with Gasteiger partial charge in [0.25, 0.3) is 0 Å². The van der Waals surface area contributed by atoms with Crippen LogP contribution in [-0.4, -0.2) is 69.3 Å². The van der Waals surface area contributed by atoms with Crippen molar-refractivity contribution in [2.24, 2.45) is 0 Å². The van der Waals surface area contributed by atoms with Crippen molar-refractivity contribution >= 4 is 12.4 Å². The molecule has 0 bridgehead atoms. The van der Waals surface area contributed by atoms with Crippen molar-refractivity contribution < 1.29 is 9.47 Å². The summed E-state index contributed by atoms with van der Waals surface area (Å²) in [6.07, 6.45) is 1.27. The van der Waals surface area contributed by atoms with Crippen LogP contribution in [0.4, 0.5) is 0 Å². The highest BCUT2D eigenvalue weighted by molar-refractivity contribution is 5.85. The van der Waals surface area contributed by atoms with Gasteiger partial charge in [0.05, 0.1) is 14.2 Å². The molecule has 2 aliphatic heterocycles. The standard InChI is InChI=1S/C17H27N3O2.ClH/c1-21-16-3-4-17(22-2)14(11-16)12-19-8-5-15(13-19)20-9-6-18-7-10-20;/h3-4,11,15,18H,5-10,12-13H2,1-2H3;1H. The molecule has 0 radical (unpaired) electrons. The van der Waals surface area contributed by atoms with Crippen LogP contribution in [0.25, 0.3) is 0 Å². The summed E-state index contributed by atoms with van der Waals surface area (Å²) in [6.45, 7) is 7.86. The third kappa shape index (κ3) is 4.51. The average molecular weight is 342 g/mol. The van der Waals surface area contributed by atoms with Gasteiger partial charge in [0.2, 0.25) is 0 Å². The van der Waals surface area contributed by atoms with Gasteiger partial charge in [0, 0.05) is 57.4 Å². The molecule has 130 valence electrons. The molecule has 3 rings (SSSR count). The summed E-state index contributed by atoms with van der Waals surface area (Å²) < 4.78 is 10.8. The first-order valence-corrected chi connectivity index (χ1v) is 8.18. The van der Waals surface area contributed by atoms with Crippen LogP contribution in [0.5, 0.6) is 11.5 Å². The molecule has 1 aromatic rings. The summed E-state index contributed by atoms with van der Waals surface area (Å²) >= 11 is 0. The van der Waals surface area contributed by atoms with E-state index in [9.17, 15) is 0 Å². The molecule has 2 heterocycles. The quantitative estimate of drug-likeness (QED) is 0.880. The minimum atomic E-state index is 0. The lowest BCUT2D eigenvalue weighted by molar-refractivity contribution is 0.170. The van der Waals surface area contributed by atoms with Gasteiger partial charge >= 0.3 is 0 Å². The van der Waals surface area contributed by atoms with Crippen molar-refractivity contribution in [3.63, 3.8) is 0 Å². The Bertz CT molecular complexity index is 495. The van der Waals surface area contributed by atoms with Crippen molar-refractivity contribution in [2.75, 3.05) is 53.5 Å². The highest BCUT2D eigenvalue weighted by atomic mass is 35.5. The van der Waals surface area contributed by atoms with Gasteiger partial charge in [-0.05, 0) is 24.6 Å². The zero-order valence-corrected chi connectivity index (χ0v) is 14.9. The lowest BCUT2D eigenvalue weighted by Gasteiger charge is -2.32. The van der Waals surface area contributed by atoms with E-state index in [0.717, 1.165) is 44.2 Å². The van der Waals surface area contributed by atoms with Crippen molar-refractivity contribution in [3.8, 4) is 11.5 Å². The van der Waals surface area contributed by atoms with Crippen molar-refractivity contribution in [1.82, 2.24) is 15.1 Å². The predicted octanol–water partition coefficient (Wildman–Crippen LogP) is 1.61. The van der Waals surface area contributed by atoms with Crippen molar-refractivity contribution in [3.05, 3.63) is 23.8 Å². The molecular weight excluding hydrogens is 314 g/mol. The molecule has 6 heteroatoms. The zero-order valence-electron chi connectivity index (χ0n) is 14.1. The van der Waals surface area contributed by atoms with Gasteiger partial charge in [-0.3, -0.25) is 9.80 Å². The monoisotopic (exact) mass is 341 g/mol. The molecule has 1 atom stereocenters. The minimum absolute atomic E-state index is 0. The van der Waals surface area contributed by atoms with Gasteiger partial charge < -0.3 is 14.8 Å². The second kappa shape index (κ2) is 8.73. The van der Waals surface area contributed by atoms with Crippen LogP contribution >= 0.6 is 12.4 Å². The Labute approximate surface area is 145 Å². The Kier molecular flexibility index (Phi) is 6.96. The first-order chi connectivity index (χ1) is 10.8. The number of nitrogens with one attached hydrogen (secondary N) is 1. The number of hydrogen-bond acceptors (Lipinski definition) is 5. The fourth-order valence-electron chi connectivity index (χ4n) is 3.55. The third-order valence-corrected chi connectivity index (χ3v) is 4.80. The number of piperazine rings is 1. The number of methoxy groups -OCH3 is 2. The molecule has 0 aliphatic carbocycles. The van der Waals surface area contributed by atoms with Crippen LogP contribution in [0.3, 0.4) is 0 Å². The van der Waals surface area contributed by atoms with E-state index in [4.69, 9.17) is 9.47 Å². The molecule has 0 spiro atoms. The molecule has 2 saturated heterocycles. The first-order valence-electron chi connectivity index (χ1n) is 8.18. The van der Waals surface area contributed by atoms with Gasteiger partial charge in [0.1, 0.15) is 11.5 Å². The summed E-state index contributed by atoms with van der Waals surface area (Å²) in [5.74, 6) is 1.85. The third-order valence-electron chi connectivity index (χ3n) is 4.80. The van der Waals surface area contributed by atoms with E-state index >= 15 is 0 Å². The topological polar surface area (TPSA) is 37.0 Å². The maximum atomic E-state index is 5.50. The molecule has 1 unspecified atom stereocenters. The number of benzene rings is 1. The molecule has 23 heavy (non-hydrogen) atoms. The highest BCUT2D eigenvalue weighted by Crippen LogP contribution is 2.27. The summed E-state index contributed by atoms with van der Waals surface area (Å²) in [7, 11) is 3.45. The maximum Gasteiger partial charge on any atom is 0.123 e. The van der Waals surface area contributed by atoms with Crippen molar-refractivity contribution in [2.45, 2.75) is 19.0 Å². The van der Waals surface area contributed by atoms with E-state index in [1.54, 1.807) is 14.2 Å². The molecule has 2 aliphatic rings. The molecule has 0 saturated carbocycles. The van der Waals surface area contributed by atoms with E-state index in [0.29, 0.717) is 6.04 Å². The SMILES string of the molecule is COc1ccc(OC)c(CN2CCC(N3CCNCC3)C2)c1.Cl. The van der Waals surface area contributed by atoms with Crippen LogP contribution in [-0.2, 0) is 6.54 Å². The fourth-order valence-corrected chi connectivity index (χ4v) is 3.55. The minimum Gasteiger partial charge on any atom is -0.497 e. The Morgan fingerprint density at radius 2 is 1.91 bits per heavy atom. The second-order valence-electron chi connectivity index (χ2n) is 6.14. The summed E-state index contributed by atoms with van der Waals surface area (Å²) in [4.78, 5) is 5.17. The molecule has 1 N–H and O–H groups in total. The number of halogens is 1. The summed E-state index contributed by atoms with van der Waals surface area (Å²) in [6, 6.07) is 6.75. The largest absolute Gasteiger partial charge is 0.497 e. The van der Waals surface area contributed by atoms with Gasteiger partial charge in [0.15, 0.2) is 0 Å². The van der Waals surface area contributed by atoms with Gasteiger partial charge in [-0.15, -0.1) is 12.4 Å². The lowest BCUT2D eigenvalue weighted by atomic mass is 10.1. The number of nitrogens with zero attached hydrogens (tertiary/aromatic N) is 2. The molecule has 1 aromatic carbocycles. The van der Waals surface area contributed by atoms with Crippen LogP contribution < -0.4 is 14.8 Å². The fraction of sp³-hybridized carbons (Fsp3) is 0.647. The smallest absolute Gasteiger partial charge is 0.123 e. The van der Waals surface area contributed by atoms with Crippen LogP contribution in [0.15, 0.2) is 18.2 Å². The van der Waals surface area contributed by atoms with Gasteiger partial charge in [-0.2, -0.15) is 0 Å². The molecular formula is C17H28ClN3O2. The van der Waals surface area contributed by atoms with E-state index in [-0.39, 0.29) is 12.4 Å². The molecule has 0 aromatic heterocycles. The Morgan fingerprint density at radius 3 is 2.61 bits per heavy atom. The van der Waals surface area contributed by atoms with E-state index in [1.165, 1.54) is 25.1 Å². The van der Waals surface area contributed by atoms with E-state index < -0.39 is 0 Å². The van der Waals surface area contributed by atoms with Crippen LogP contribution in [0.1, 0.15) is 12.0 Å². The molecule has 5 nitrogen and oxygen atoms in total. The zero-order chi connectivity index (χ0) is 15.4. The Morgan fingerprint density at radius 1 is 1.13 bits per heavy atom. The Hall–Kier alpha value is -1.01. The Balaban J connectivity index is 0.00000192. The maximum absolute atomic E-state index is 5.50. The summed E-state index contributed by atoms with van der Waals surface area (Å²) in [5.41, 5.74) is 1.21. The number of rotatable bonds is 5. The van der Waals surface area contributed by atoms with E-state index in [1.807, 2.05) is 12.1 Å². The lowest BCUT2D eigenvalue weighted by Crippen LogP contribution is -2.49. The number of hydrogen-bond donors (Lipinski definition) is 1. The first kappa shape index (κ1) is 18.3. The van der Waals surface area contributed by atoms with Crippen LogP contribution in [0, 0.1) is 0 Å². The number of ether oxygens (including phenoxy) is 2. The predicted molar refractivity (Wildman–Crippen MR) is 94.9 cm³/mol. The van der Waals surface area contributed by atoms with Gasteiger partial charge in [-0.1, -0.05) is 0 Å². The average Bonchev–Trinajstić information content (AvgIpc) is 3.04. The van der Waals surface area contributed by atoms with Gasteiger partial charge in [-0.25, -0.2) is 0 Å². The van der Waals surface area contributed by atoms with Crippen molar-refractivity contribution in [1.29, 1.82) is 0 Å². The highest BCUT2D eigenvalue weighted by Gasteiger charge is 2.28. The number of likely N-dealkylation sites (tertiary alicyclic amines) is 1. The summed E-state index contributed by atoms with van der Waals surface area (Å²) in [5, 5.41) is 3.43.